The molecule has 140 valence electrons. The lowest BCUT2D eigenvalue weighted by molar-refractivity contribution is -0.389. The molecular weight excluding hydrogens is 353 g/mol. The lowest BCUT2D eigenvalue weighted by Gasteiger charge is -2.28. The minimum Gasteiger partial charge on any atom is -0.435 e. The number of ether oxygens (including phenoxy) is 2. The number of nitrogens with zero attached hydrogens (tertiary/aromatic N) is 3. The molecule has 1 aromatic heterocycles. The van der Waals surface area contributed by atoms with Crippen LogP contribution in [0, 0.1) is 10.1 Å². The maximum absolute atomic E-state index is 14.9. The number of rotatable bonds is 5. The Kier molecular flexibility index (Phi) is 4.07. The normalized spacial score (nSPS) is 28.7. The Morgan fingerprint density at radius 1 is 1.37 bits per heavy atom. The number of allylic oxidation sites excluding steroid dienone is 2. The van der Waals surface area contributed by atoms with Crippen molar-refractivity contribution in [2.24, 2.45) is 0 Å². The monoisotopic (exact) mass is 371 g/mol. The zero-order valence-corrected chi connectivity index (χ0v) is 14.6. The number of imidazole rings is 1. The molecule has 0 saturated carbocycles. The number of hydrogen-bond acceptors (Lipinski definition) is 5. The summed E-state index contributed by atoms with van der Waals surface area (Å²) in [5.74, 6) is -2.29. The lowest BCUT2D eigenvalue weighted by atomic mass is 9.93. The Morgan fingerprint density at radius 2 is 2.07 bits per heavy atom. The van der Waals surface area contributed by atoms with Crippen molar-refractivity contribution in [1.29, 1.82) is 0 Å². The van der Waals surface area contributed by atoms with Gasteiger partial charge >= 0.3 is 11.8 Å². The fourth-order valence-corrected chi connectivity index (χ4v) is 3.20. The van der Waals surface area contributed by atoms with Crippen molar-refractivity contribution in [2.45, 2.75) is 30.8 Å². The average molecular weight is 371 g/mol. The predicted molar refractivity (Wildman–Crippen MR) is 95.2 cm³/mol. The first kappa shape index (κ1) is 17.4. The Hall–Kier alpha value is -3.00. The second-order valence-electron chi connectivity index (χ2n) is 6.96. The van der Waals surface area contributed by atoms with Crippen LogP contribution in [-0.2, 0) is 11.3 Å². The van der Waals surface area contributed by atoms with Gasteiger partial charge in [-0.15, -0.1) is 0 Å². The molecule has 7 nitrogen and oxygen atoms in total. The highest BCUT2D eigenvalue weighted by molar-refractivity contribution is 5.33. The van der Waals surface area contributed by atoms with Gasteiger partial charge in [-0.05, 0) is 29.6 Å². The van der Waals surface area contributed by atoms with Crippen molar-refractivity contribution in [3.8, 4) is 6.01 Å². The van der Waals surface area contributed by atoms with Gasteiger partial charge in [0.05, 0.1) is 13.2 Å². The van der Waals surface area contributed by atoms with Gasteiger partial charge in [-0.3, -0.25) is 4.57 Å². The summed E-state index contributed by atoms with van der Waals surface area (Å²) < 4.78 is 27.6. The molecule has 0 fully saturated rings. The third-order valence-electron chi connectivity index (χ3n) is 4.60. The van der Waals surface area contributed by atoms with Crippen molar-refractivity contribution in [2.75, 3.05) is 6.61 Å². The molecule has 0 bridgehead atoms. The van der Waals surface area contributed by atoms with Crippen LogP contribution in [0.15, 0.2) is 60.8 Å². The quantitative estimate of drug-likeness (QED) is 0.456. The molecule has 1 atom stereocenters. The lowest BCUT2D eigenvalue weighted by Crippen LogP contribution is -2.40. The van der Waals surface area contributed by atoms with Gasteiger partial charge in [0.15, 0.2) is 5.60 Å². The van der Waals surface area contributed by atoms with Crippen LogP contribution in [0.1, 0.15) is 18.4 Å². The number of fused-ring (bicyclic) bond motifs is 1. The SMILES string of the molecule is CC1(COC2(F)C=CC(c3ccccc3)C=C2)Cn2cc([N+](=O)[O-])nc2O1. The van der Waals surface area contributed by atoms with Gasteiger partial charge in [0.2, 0.25) is 5.85 Å². The van der Waals surface area contributed by atoms with E-state index in [4.69, 9.17) is 9.47 Å². The molecule has 27 heavy (non-hydrogen) atoms. The zero-order valence-electron chi connectivity index (χ0n) is 14.6. The number of benzene rings is 1. The molecule has 2 aliphatic rings. The van der Waals surface area contributed by atoms with Crippen LogP contribution in [0.3, 0.4) is 0 Å². The first-order chi connectivity index (χ1) is 12.9. The van der Waals surface area contributed by atoms with Crippen LogP contribution in [0.2, 0.25) is 0 Å². The second-order valence-corrected chi connectivity index (χ2v) is 6.96. The number of nitro groups is 1. The Bertz CT molecular complexity index is 885. The van der Waals surface area contributed by atoms with E-state index in [1.54, 1.807) is 19.1 Å². The highest BCUT2D eigenvalue weighted by Crippen LogP contribution is 2.34. The zero-order chi connectivity index (χ0) is 19.1. The molecule has 0 radical (unpaired) electrons. The maximum Gasteiger partial charge on any atom is 0.415 e. The molecule has 1 aliphatic carbocycles. The van der Waals surface area contributed by atoms with Gasteiger partial charge in [-0.1, -0.05) is 42.5 Å². The third kappa shape index (κ3) is 3.48. The summed E-state index contributed by atoms with van der Waals surface area (Å²) in [5, 5.41) is 10.8. The van der Waals surface area contributed by atoms with Crippen LogP contribution in [0.4, 0.5) is 10.2 Å². The van der Waals surface area contributed by atoms with E-state index in [9.17, 15) is 14.5 Å². The van der Waals surface area contributed by atoms with E-state index in [0.29, 0.717) is 6.54 Å². The molecule has 1 aromatic carbocycles. The molecule has 8 heteroatoms. The fourth-order valence-electron chi connectivity index (χ4n) is 3.20. The number of halogens is 1. The Balaban J connectivity index is 1.38. The molecule has 0 amide bonds. The van der Waals surface area contributed by atoms with Crippen LogP contribution in [-0.4, -0.2) is 32.5 Å². The summed E-state index contributed by atoms with van der Waals surface area (Å²) in [4.78, 5) is 14.0. The van der Waals surface area contributed by atoms with Gasteiger partial charge in [0, 0.05) is 10.9 Å². The van der Waals surface area contributed by atoms with E-state index in [0.717, 1.165) is 5.56 Å². The van der Waals surface area contributed by atoms with Gasteiger partial charge in [-0.2, -0.15) is 0 Å². The van der Waals surface area contributed by atoms with E-state index in [-0.39, 0.29) is 24.4 Å². The minimum atomic E-state index is -2.02. The highest BCUT2D eigenvalue weighted by atomic mass is 19.2. The molecule has 2 aromatic rings. The van der Waals surface area contributed by atoms with E-state index in [2.05, 4.69) is 4.98 Å². The molecule has 0 spiro atoms. The number of aromatic nitrogens is 2. The van der Waals surface area contributed by atoms with Gasteiger partial charge < -0.3 is 19.6 Å². The molecule has 2 heterocycles. The average Bonchev–Trinajstić information content (AvgIpc) is 3.17. The van der Waals surface area contributed by atoms with Crippen LogP contribution >= 0.6 is 0 Å². The summed E-state index contributed by atoms with van der Waals surface area (Å²) in [6.45, 7) is 2.00. The van der Waals surface area contributed by atoms with Crippen molar-refractivity contribution >= 4 is 5.82 Å². The van der Waals surface area contributed by atoms with Crippen molar-refractivity contribution in [3.63, 3.8) is 0 Å². The van der Waals surface area contributed by atoms with Crippen LogP contribution in [0.5, 0.6) is 6.01 Å². The smallest absolute Gasteiger partial charge is 0.415 e. The maximum atomic E-state index is 14.9. The molecular formula is C19H18FN3O4. The fraction of sp³-hybridized carbons (Fsp3) is 0.316. The van der Waals surface area contributed by atoms with Gasteiger partial charge in [0.1, 0.15) is 6.20 Å². The van der Waals surface area contributed by atoms with E-state index >= 15 is 0 Å². The van der Waals surface area contributed by atoms with E-state index in [1.165, 1.54) is 22.9 Å². The molecule has 1 unspecified atom stereocenters. The molecule has 0 N–H and O–H groups in total. The van der Waals surface area contributed by atoms with E-state index in [1.807, 2.05) is 30.3 Å². The first-order valence-corrected chi connectivity index (χ1v) is 8.53. The van der Waals surface area contributed by atoms with Crippen LogP contribution in [0.25, 0.3) is 0 Å². The summed E-state index contributed by atoms with van der Waals surface area (Å²) in [5.41, 5.74) is 0.222. The Labute approximate surface area is 154 Å². The second kappa shape index (κ2) is 6.31. The largest absolute Gasteiger partial charge is 0.435 e. The predicted octanol–water partition coefficient (Wildman–Crippen LogP) is 3.53. The standard InChI is InChI=1S/C19H18FN3O4/c1-18(12-22-11-16(23(24)25)21-17(22)27-18)13-26-19(20)9-7-15(8-10-19)14-5-3-2-4-6-14/h2-11,15H,12-13H2,1H3. The highest BCUT2D eigenvalue weighted by Gasteiger charge is 2.42. The van der Waals surface area contributed by atoms with E-state index < -0.39 is 16.4 Å². The van der Waals surface area contributed by atoms with Gasteiger partial charge in [0.25, 0.3) is 0 Å². The summed E-state index contributed by atoms with van der Waals surface area (Å²) in [7, 11) is 0. The molecule has 4 rings (SSSR count). The Morgan fingerprint density at radius 3 is 2.70 bits per heavy atom. The molecule has 0 saturated heterocycles. The van der Waals surface area contributed by atoms with Crippen LogP contribution < -0.4 is 4.74 Å². The topological polar surface area (TPSA) is 79.4 Å². The van der Waals surface area contributed by atoms with Crippen molar-refractivity contribution < 1.29 is 18.8 Å². The number of hydrogen-bond donors (Lipinski definition) is 0. The number of alkyl halides is 1. The summed E-state index contributed by atoms with van der Waals surface area (Å²) in [6, 6.07) is 9.93. The first-order valence-electron chi connectivity index (χ1n) is 8.53. The third-order valence-corrected chi connectivity index (χ3v) is 4.60. The molecule has 1 aliphatic heterocycles. The summed E-state index contributed by atoms with van der Waals surface area (Å²) >= 11 is 0. The minimum absolute atomic E-state index is 0.00232. The van der Waals surface area contributed by atoms with Crippen molar-refractivity contribution in [3.05, 3.63) is 76.5 Å². The van der Waals surface area contributed by atoms with Gasteiger partial charge in [-0.25, -0.2) is 4.39 Å². The summed E-state index contributed by atoms with van der Waals surface area (Å²) in [6.07, 6.45) is 7.62. The van der Waals surface area contributed by atoms with Crippen molar-refractivity contribution in [1.82, 2.24) is 9.55 Å².